The lowest BCUT2D eigenvalue weighted by Crippen LogP contribution is -2.25. The van der Waals surface area contributed by atoms with Crippen LogP contribution in [-0.4, -0.2) is 34.7 Å². The molecule has 3 heterocycles. The maximum atomic E-state index is 12.4. The van der Waals surface area contributed by atoms with Crippen LogP contribution in [0.4, 0.5) is 5.82 Å². The van der Waals surface area contributed by atoms with Gasteiger partial charge in [0.2, 0.25) is 0 Å². The van der Waals surface area contributed by atoms with Crippen LogP contribution in [0.25, 0.3) is 21.9 Å². The van der Waals surface area contributed by atoms with Crippen LogP contribution < -0.4 is 11.3 Å². The minimum Gasteiger partial charge on any atom is -0.383 e. The summed E-state index contributed by atoms with van der Waals surface area (Å²) in [5.74, 6) is 0.773. The van der Waals surface area contributed by atoms with E-state index in [0.29, 0.717) is 22.7 Å². The number of hydrogen-bond donors (Lipinski definition) is 1. The Kier molecular flexibility index (Phi) is 2.80. The summed E-state index contributed by atoms with van der Waals surface area (Å²) in [4.78, 5) is 21.1. The van der Waals surface area contributed by atoms with Crippen molar-refractivity contribution >= 4 is 27.8 Å². The van der Waals surface area contributed by atoms with Gasteiger partial charge in [0.1, 0.15) is 17.7 Å². The molecule has 0 saturated heterocycles. The van der Waals surface area contributed by atoms with Crippen molar-refractivity contribution in [1.82, 2.24) is 34.7 Å². The van der Waals surface area contributed by atoms with Gasteiger partial charge in [-0.2, -0.15) is 5.10 Å². The average molecular weight is 308 g/mol. The van der Waals surface area contributed by atoms with E-state index in [1.807, 2.05) is 24.3 Å². The molecule has 114 valence electrons. The van der Waals surface area contributed by atoms with Crippen LogP contribution in [0.3, 0.4) is 0 Å². The zero-order chi connectivity index (χ0) is 16.0. The Hall–Kier alpha value is -3.36. The summed E-state index contributed by atoms with van der Waals surface area (Å²) < 4.78 is 2.70. The zero-order valence-electron chi connectivity index (χ0n) is 12.2. The molecule has 2 N–H and O–H groups in total. The van der Waals surface area contributed by atoms with Crippen molar-refractivity contribution in [2.75, 3.05) is 5.73 Å². The third kappa shape index (κ3) is 2.09. The number of rotatable bonds is 2. The number of hydrogen-bond acceptors (Lipinski definition) is 7. The Bertz CT molecular complexity index is 1100. The Morgan fingerprint density at radius 1 is 1.17 bits per heavy atom. The molecule has 0 bridgehead atoms. The van der Waals surface area contributed by atoms with Gasteiger partial charge in [-0.1, -0.05) is 17.3 Å². The van der Waals surface area contributed by atoms with E-state index in [4.69, 9.17) is 5.73 Å². The van der Waals surface area contributed by atoms with Crippen LogP contribution >= 0.6 is 0 Å². The van der Waals surface area contributed by atoms with E-state index < -0.39 is 0 Å². The van der Waals surface area contributed by atoms with Crippen molar-refractivity contribution in [3.63, 3.8) is 0 Å². The molecule has 0 spiro atoms. The van der Waals surface area contributed by atoms with Crippen LogP contribution in [0.2, 0.25) is 0 Å². The number of nitrogens with zero attached hydrogens (tertiary/aromatic N) is 7. The molecule has 9 heteroatoms. The SMILES string of the molecule is Cn1ncc2c(=O)n(Cc3nc(N)c4ccccc4n3)nnc21. The maximum Gasteiger partial charge on any atom is 0.281 e. The topological polar surface area (TPSA) is 117 Å². The summed E-state index contributed by atoms with van der Waals surface area (Å²) in [6.45, 7) is 0.0890. The molecule has 9 nitrogen and oxygen atoms in total. The highest BCUT2D eigenvalue weighted by molar-refractivity contribution is 5.87. The second-order valence-electron chi connectivity index (χ2n) is 5.10. The van der Waals surface area contributed by atoms with Crippen LogP contribution in [0.15, 0.2) is 35.3 Å². The van der Waals surface area contributed by atoms with Crippen molar-refractivity contribution in [1.29, 1.82) is 0 Å². The predicted octanol–water partition coefficient (Wildman–Crippen LogP) is 0.0987. The van der Waals surface area contributed by atoms with E-state index >= 15 is 0 Å². The number of anilines is 1. The monoisotopic (exact) mass is 308 g/mol. The van der Waals surface area contributed by atoms with Gasteiger partial charge in [-0.25, -0.2) is 19.3 Å². The normalized spacial score (nSPS) is 11.3. The van der Waals surface area contributed by atoms with Crippen LogP contribution in [-0.2, 0) is 13.6 Å². The second-order valence-corrected chi connectivity index (χ2v) is 5.10. The van der Waals surface area contributed by atoms with Crippen molar-refractivity contribution in [3.05, 3.63) is 46.6 Å². The third-order valence-electron chi connectivity index (χ3n) is 3.59. The molecule has 4 rings (SSSR count). The fourth-order valence-corrected chi connectivity index (χ4v) is 2.44. The fraction of sp³-hybridized carbons (Fsp3) is 0.143. The lowest BCUT2D eigenvalue weighted by Gasteiger charge is -2.06. The lowest BCUT2D eigenvalue weighted by atomic mass is 10.2. The number of nitrogens with two attached hydrogens (primary N) is 1. The van der Waals surface area contributed by atoms with Gasteiger partial charge in [-0.15, -0.1) is 5.10 Å². The Labute approximate surface area is 129 Å². The first-order valence-electron chi connectivity index (χ1n) is 6.90. The number of aryl methyl sites for hydroxylation is 1. The van der Waals surface area contributed by atoms with Crippen molar-refractivity contribution < 1.29 is 0 Å². The van der Waals surface area contributed by atoms with Gasteiger partial charge in [-0.05, 0) is 12.1 Å². The molecule has 0 aliphatic carbocycles. The van der Waals surface area contributed by atoms with Crippen LogP contribution in [0.5, 0.6) is 0 Å². The van der Waals surface area contributed by atoms with E-state index in [0.717, 1.165) is 10.9 Å². The summed E-state index contributed by atoms with van der Waals surface area (Å²) >= 11 is 0. The van der Waals surface area contributed by atoms with Crippen LogP contribution in [0.1, 0.15) is 5.82 Å². The van der Waals surface area contributed by atoms with Gasteiger partial charge >= 0.3 is 0 Å². The summed E-state index contributed by atoms with van der Waals surface area (Å²) in [7, 11) is 1.70. The van der Waals surface area contributed by atoms with Gasteiger partial charge in [0.25, 0.3) is 5.56 Å². The molecule has 0 unspecified atom stereocenters. The Morgan fingerprint density at radius 2 is 2.00 bits per heavy atom. The Balaban J connectivity index is 1.82. The summed E-state index contributed by atoms with van der Waals surface area (Å²) in [6.07, 6.45) is 1.47. The van der Waals surface area contributed by atoms with E-state index in [2.05, 4.69) is 25.4 Å². The highest BCUT2D eigenvalue weighted by Gasteiger charge is 2.12. The molecule has 3 aromatic heterocycles. The smallest absolute Gasteiger partial charge is 0.281 e. The molecule has 4 aromatic rings. The first kappa shape index (κ1) is 13.3. The zero-order valence-corrected chi connectivity index (χ0v) is 12.2. The van der Waals surface area contributed by atoms with E-state index in [-0.39, 0.29) is 12.1 Å². The molecule has 0 fully saturated rings. The fourth-order valence-electron chi connectivity index (χ4n) is 2.44. The predicted molar refractivity (Wildman–Crippen MR) is 83.6 cm³/mol. The number of aromatic nitrogens is 7. The second kappa shape index (κ2) is 4.83. The molecular weight excluding hydrogens is 296 g/mol. The molecule has 0 aliphatic heterocycles. The van der Waals surface area contributed by atoms with Crippen molar-refractivity contribution in [3.8, 4) is 0 Å². The Morgan fingerprint density at radius 3 is 2.87 bits per heavy atom. The van der Waals surface area contributed by atoms with E-state index in [9.17, 15) is 4.79 Å². The summed E-state index contributed by atoms with van der Waals surface area (Å²) in [5, 5.41) is 13.1. The number of nitrogen functional groups attached to an aromatic ring is 1. The maximum absolute atomic E-state index is 12.4. The molecule has 0 amide bonds. The lowest BCUT2D eigenvalue weighted by molar-refractivity contribution is 0.579. The van der Waals surface area contributed by atoms with Crippen LogP contribution in [0, 0.1) is 0 Å². The number of fused-ring (bicyclic) bond motifs is 2. The molecule has 0 atom stereocenters. The first-order chi connectivity index (χ1) is 11.1. The molecule has 23 heavy (non-hydrogen) atoms. The first-order valence-corrected chi connectivity index (χ1v) is 6.90. The molecule has 0 aliphatic rings. The van der Waals surface area contributed by atoms with Gasteiger partial charge in [0.05, 0.1) is 11.7 Å². The van der Waals surface area contributed by atoms with E-state index in [1.165, 1.54) is 15.6 Å². The van der Waals surface area contributed by atoms with Gasteiger partial charge in [0.15, 0.2) is 11.5 Å². The molecule has 0 radical (unpaired) electrons. The average Bonchev–Trinajstić information content (AvgIpc) is 2.92. The molecule has 1 aromatic carbocycles. The third-order valence-corrected chi connectivity index (χ3v) is 3.59. The largest absolute Gasteiger partial charge is 0.383 e. The van der Waals surface area contributed by atoms with Gasteiger partial charge < -0.3 is 5.73 Å². The minimum absolute atomic E-state index is 0.0890. The molecule has 0 saturated carbocycles. The highest BCUT2D eigenvalue weighted by Crippen LogP contribution is 2.17. The summed E-state index contributed by atoms with van der Waals surface area (Å²) in [6, 6.07) is 7.43. The summed E-state index contributed by atoms with van der Waals surface area (Å²) in [5.41, 5.74) is 6.82. The number of para-hydroxylation sites is 1. The van der Waals surface area contributed by atoms with E-state index in [1.54, 1.807) is 7.05 Å². The number of benzene rings is 1. The van der Waals surface area contributed by atoms with Crippen molar-refractivity contribution in [2.45, 2.75) is 6.54 Å². The minimum atomic E-state index is -0.293. The highest BCUT2D eigenvalue weighted by atomic mass is 16.1. The molecular formula is C14H12N8O. The van der Waals surface area contributed by atoms with Crippen molar-refractivity contribution in [2.24, 2.45) is 7.05 Å². The van der Waals surface area contributed by atoms with Gasteiger partial charge in [-0.3, -0.25) is 4.79 Å². The quantitative estimate of drug-likeness (QED) is 0.558. The van der Waals surface area contributed by atoms with Gasteiger partial charge in [0, 0.05) is 12.4 Å². The standard InChI is InChI=1S/C14H12N8O/c1-21-13-9(6-16-21)14(23)22(20-19-13)7-11-17-10-5-3-2-4-8(10)12(15)18-11/h2-6H,7H2,1H3,(H2,15,17,18).